The van der Waals surface area contributed by atoms with Crippen molar-refractivity contribution in [1.82, 2.24) is 9.80 Å². The molecule has 11 heteroatoms. The molecule has 1 amide bonds. The Bertz CT molecular complexity index is 917. The van der Waals surface area contributed by atoms with Crippen LogP contribution >= 0.6 is 0 Å². The number of anilines is 1. The van der Waals surface area contributed by atoms with Gasteiger partial charge in [0.2, 0.25) is 0 Å². The van der Waals surface area contributed by atoms with Gasteiger partial charge >= 0.3 is 12.1 Å². The van der Waals surface area contributed by atoms with Crippen molar-refractivity contribution in [2.75, 3.05) is 63.9 Å². The Hall–Kier alpha value is -2.37. The summed E-state index contributed by atoms with van der Waals surface area (Å²) < 4.78 is 43.5. The van der Waals surface area contributed by atoms with Gasteiger partial charge in [0.15, 0.2) is 0 Å². The standard InChI is InChI=1S/C24H37N3O3.C2HF3O2/c1-4-25(5-2)18-21-17-24(30-21)8-10-27(11-9-24)23(28)20-6-7-22(19(3)16-20)26-12-14-29-15-13-26;3-2(4,5)1(6)7/h6-7,16,21H,4-5,8-15,17-18H2,1-3H3;(H,6,7). The van der Waals surface area contributed by atoms with Crippen molar-refractivity contribution in [1.29, 1.82) is 0 Å². The van der Waals surface area contributed by atoms with Crippen molar-refractivity contribution < 1.29 is 37.3 Å². The number of likely N-dealkylation sites (tertiary alicyclic amines) is 1. The quantitative estimate of drug-likeness (QED) is 0.603. The first kappa shape index (κ1) is 29.2. The first-order valence-electron chi connectivity index (χ1n) is 12.9. The number of hydrogen-bond acceptors (Lipinski definition) is 6. The number of carboxylic acids is 1. The van der Waals surface area contributed by atoms with Gasteiger partial charge in [-0.1, -0.05) is 13.8 Å². The predicted molar refractivity (Wildman–Crippen MR) is 133 cm³/mol. The summed E-state index contributed by atoms with van der Waals surface area (Å²) in [5, 5.41) is 7.12. The van der Waals surface area contributed by atoms with Crippen LogP contribution in [0.4, 0.5) is 18.9 Å². The number of piperidine rings is 1. The van der Waals surface area contributed by atoms with E-state index in [1.807, 2.05) is 11.0 Å². The highest BCUT2D eigenvalue weighted by atomic mass is 19.4. The van der Waals surface area contributed by atoms with E-state index in [-0.39, 0.29) is 11.5 Å². The van der Waals surface area contributed by atoms with Crippen LogP contribution in [0.15, 0.2) is 18.2 Å². The van der Waals surface area contributed by atoms with Crippen molar-refractivity contribution in [3.05, 3.63) is 29.3 Å². The molecular weight excluding hydrogens is 491 g/mol. The maximum atomic E-state index is 13.1. The van der Waals surface area contributed by atoms with E-state index in [2.05, 4.69) is 42.7 Å². The van der Waals surface area contributed by atoms with Crippen molar-refractivity contribution in [3.63, 3.8) is 0 Å². The fourth-order valence-corrected chi connectivity index (χ4v) is 5.20. The lowest BCUT2D eigenvalue weighted by molar-refractivity contribution is -0.227. The van der Waals surface area contributed by atoms with E-state index in [9.17, 15) is 18.0 Å². The van der Waals surface area contributed by atoms with Gasteiger partial charge < -0.3 is 29.3 Å². The summed E-state index contributed by atoms with van der Waals surface area (Å²) in [6, 6.07) is 6.15. The summed E-state index contributed by atoms with van der Waals surface area (Å²) in [5.41, 5.74) is 3.20. The molecule has 3 saturated heterocycles. The molecule has 1 unspecified atom stereocenters. The lowest BCUT2D eigenvalue weighted by atomic mass is 9.80. The molecule has 0 saturated carbocycles. The summed E-state index contributed by atoms with van der Waals surface area (Å²) in [6.07, 6.45) is -1.67. The molecule has 4 rings (SSSR count). The number of nitrogens with zero attached hydrogens (tertiary/aromatic N) is 3. The van der Waals surface area contributed by atoms with Crippen LogP contribution in [0.1, 0.15) is 49.0 Å². The van der Waals surface area contributed by atoms with Gasteiger partial charge in [-0.15, -0.1) is 0 Å². The Balaban J connectivity index is 0.000000479. The number of hydrogen-bond donors (Lipinski definition) is 1. The van der Waals surface area contributed by atoms with E-state index in [1.54, 1.807) is 0 Å². The van der Waals surface area contributed by atoms with E-state index in [1.165, 1.54) is 5.69 Å². The molecule has 0 bridgehead atoms. The number of rotatable bonds is 6. The number of aryl methyl sites for hydroxylation is 1. The normalized spacial score (nSPS) is 21.3. The van der Waals surface area contributed by atoms with Gasteiger partial charge in [0.05, 0.1) is 24.9 Å². The first-order valence-corrected chi connectivity index (χ1v) is 12.9. The van der Waals surface area contributed by atoms with Gasteiger partial charge in [0, 0.05) is 50.4 Å². The topological polar surface area (TPSA) is 82.5 Å². The predicted octanol–water partition coefficient (Wildman–Crippen LogP) is 3.57. The van der Waals surface area contributed by atoms with Gasteiger partial charge in [-0.05, 0) is 56.6 Å². The molecule has 1 atom stereocenters. The number of carboxylic acid groups (broad SMARTS) is 1. The van der Waals surface area contributed by atoms with Crippen molar-refractivity contribution >= 4 is 17.6 Å². The molecule has 3 aliphatic heterocycles. The Morgan fingerprint density at radius 1 is 1.11 bits per heavy atom. The number of halogens is 3. The largest absolute Gasteiger partial charge is 0.490 e. The first-order chi connectivity index (χ1) is 17.5. The fraction of sp³-hybridized carbons (Fsp3) is 0.692. The number of carbonyl (C=O) groups excluding carboxylic acids is 1. The van der Waals surface area contributed by atoms with Crippen LogP contribution in [0.3, 0.4) is 0 Å². The third kappa shape index (κ3) is 7.58. The monoisotopic (exact) mass is 529 g/mol. The average molecular weight is 530 g/mol. The molecule has 0 aromatic heterocycles. The fourth-order valence-electron chi connectivity index (χ4n) is 5.20. The van der Waals surface area contributed by atoms with Crippen LogP contribution in [-0.4, -0.2) is 104 Å². The highest BCUT2D eigenvalue weighted by molar-refractivity contribution is 5.95. The zero-order valence-corrected chi connectivity index (χ0v) is 21.9. The number of carbonyl (C=O) groups is 2. The molecule has 1 spiro atoms. The van der Waals surface area contributed by atoms with Gasteiger partial charge in [-0.3, -0.25) is 4.79 Å². The highest BCUT2D eigenvalue weighted by Crippen LogP contribution is 2.41. The number of alkyl halides is 3. The minimum absolute atomic E-state index is 0.0186. The Morgan fingerprint density at radius 2 is 1.68 bits per heavy atom. The Kier molecular flexibility index (Phi) is 9.82. The smallest absolute Gasteiger partial charge is 0.475 e. The van der Waals surface area contributed by atoms with Crippen molar-refractivity contribution in [3.8, 4) is 0 Å². The summed E-state index contributed by atoms with van der Waals surface area (Å²) in [5.74, 6) is -2.60. The third-order valence-corrected chi connectivity index (χ3v) is 7.37. The van der Waals surface area contributed by atoms with Crippen LogP contribution in [0.2, 0.25) is 0 Å². The second-order valence-electron chi connectivity index (χ2n) is 9.81. The zero-order chi connectivity index (χ0) is 27.2. The summed E-state index contributed by atoms with van der Waals surface area (Å²) in [7, 11) is 0. The lowest BCUT2D eigenvalue weighted by Crippen LogP contribution is -2.59. The Morgan fingerprint density at radius 3 is 2.16 bits per heavy atom. The van der Waals surface area contributed by atoms with E-state index in [0.717, 1.165) is 89.4 Å². The van der Waals surface area contributed by atoms with E-state index >= 15 is 0 Å². The highest BCUT2D eigenvalue weighted by Gasteiger charge is 2.48. The number of ether oxygens (including phenoxy) is 2. The average Bonchev–Trinajstić information content (AvgIpc) is 2.86. The van der Waals surface area contributed by atoms with Crippen LogP contribution in [0, 0.1) is 6.92 Å². The van der Waals surface area contributed by atoms with E-state index in [0.29, 0.717) is 6.10 Å². The lowest BCUT2D eigenvalue weighted by Gasteiger charge is -2.53. The number of likely N-dealkylation sites (N-methyl/N-ethyl adjacent to an activating group) is 1. The minimum atomic E-state index is -5.08. The summed E-state index contributed by atoms with van der Waals surface area (Å²) >= 11 is 0. The van der Waals surface area contributed by atoms with Gasteiger partial charge in [-0.2, -0.15) is 13.2 Å². The van der Waals surface area contributed by atoms with Crippen LogP contribution < -0.4 is 4.90 Å². The minimum Gasteiger partial charge on any atom is -0.475 e. The molecule has 1 N–H and O–H groups in total. The summed E-state index contributed by atoms with van der Waals surface area (Å²) in [4.78, 5) is 28.8. The molecule has 1 aromatic carbocycles. The molecule has 1 aromatic rings. The van der Waals surface area contributed by atoms with Gasteiger partial charge in [0.25, 0.3) is 5.91 Å². The number of amides is 1. The van der Waals surface area contributed by atoms with Crippen LogP contribution in [-0.2, 0) is 14.3 Å². The summed E-state index contributed by atoms with van der Waals surface area (Å²) in [6.45, 7) is 14.7. The number of aliphatic carboxylic acids is 1. The van der Waals surface area contributed by atoms with Crippen molar-refractivity contribution in [2.45, 2.75) is 57.9 Å². The van der Waals surface area contributed by atoms with Crippen molar-refractivity contribution in [2.24, 2.45) is 0 Å². The zero-order valence-electron chi connectivity index (χ0n) is 21.9. The molecule has 3 fully saturated rings. The maximum Gasteiger partial charge on any atom is 0.490 e. The molecule has 3 aliphatic rings. The second kappa shape index (κ2) is 12.4. The van der Waals surface area contributed by atoms with E-state index < -0.39 is 12.1 Å². The second-order valence-corrected chi connectivity index (χ2v) is 9.81. The van der Waals surface area contributed by atoms with Gasteiger partial charge in [0.1, 0.15) is 0 Å². The molecule has 37 heavy (non-hydrogen) atoms. The third-order valence-electron chi connectivity index (χ3n) is 7.37. The van der Waals surface area contributed by atoms with Crippen LogP contribution in [0.5, 0.6) is 0 Å². The molecule has 0 aliphatic carbocycles. The van der Waals surface area contributed by atoms with Gasteiger partial charge in [-0.25, -0.2) is 4.79 Å². The SMILES string of the molecule is CCN(CC)CC1CC2(CCN(C(=O)c3ccc(N4CCOCC4)c(C)c3)CC2)O1.O=C(O)C(F)(F)F. The molecule has 3 heterocycles. The molecular formula is C26H38F3N3O5. The molecule has 8 nitrogen and oxygen atoms in total. The molecule has 208 valence electrons. The van der Waals surface area contributed by atoms with E-state index in [4.69, 9.17) is 19.4 Å². The maximum absolute atomic E-state index is 13.1. The Labute approximate surface area is 216 Å². The van der Waals surface area contributed by atoms with Crippen LogP contribution in [0.25, 0.3) is 0 Å². The number of morpholine rings is 1. The molecule has 0 radical (unpaired) electrons. The number of benzene rings is 1.